The number of hydrogen-bond donors (Lipinski definition) is 0. The average molecular weight is 566 g/mol. The molecular weight excluding hydrogens is 539 g/mol. The van der Waals surface area contributed by atoms with Crippen molar-refractivity contribution in [3.05, 3.63) is 186 Å². The summed E-state index contributed by atoms with van der Waals surface area (Å²) in [5, 5.41) is 2.48. The van der Waals surface area contributed by atoms with Crippen molar-refractivity contribution in [1.82, 2.24) is 0 Å². The summed E-state index contributed by atoms with van der Waals surface area (Å²) in [6.07, 6.45) is 0. The number of para-hydroxylation sites is 1. The highest BCUT2D eigenvalue weighted by Crippen LogP contribution is 2.64. The van der Waals surface area contributed by atoms with Gasteiger partial charge in [0.1, 0.15) is 0 Å². The highest BCUT2D eigenvalue weighted by molar-refractivity contribution is 7.99. The molecule has 0 unspecified atom stereocenters. The van der Waals surface area contributed by atoms with E-state index in [1.54, 1.807) is 0 Å². The van der Waals surface area contributed by atoms with Crippen LogP contribution in [0.5, 0.6) is 0 Å². The molecule has 1 aliphatic heterocycles. The van der Waals surface area contributed by atoms with Crippen LogP contribution >= 0.6 is 11.8 Å². The van der Waals surface area contributed by atoms with E-state index in [1.165, 1.54) is 59.6 Å². The van der Waals surface area contributed by atoms with Gasteiger partial charge in [-0.3, -0.25) is 0 Å². The lowest BCUT2D eigenvalue weighted by atomic mass is 9.66. The Balaban J connectivity index is 1.42. The third-order valence-electron chi connectivity index (χ3n) is 9.09. The molecule has 0 bridgehead atoms. The molecule has 0 radical (unpaired) electrons. The van der Waals surface area contributed by atoms with E-state index in [0.29, 0.717) is 0 Å². The quantitative estimate of drug-likeness (QED) is 0.210. The van der Waals surface area contributed by atoms with E-state index in [-0.39, 0.29) is 0 Å². The summed E-state index contributed by atoms with van der Waals surface area (Å²) >= 11 is 1.89. The topological polar surface area (TPSA) is 3.24 Å². The fraction of sp³-hybridized carbons (Fsp3) is 0.0244. The Bertz CT molecular complexity index is 2140. The van der Waals surface area contributed by atoms with Crippen molar-refractivity contribution in [3.63, 3.8) is 0 Å². The van der Waals surface area contributed by atoms with Gasteiger partial charge in [0.25, 0.3) is 0 Å². The summed E-state index contributed by atoms with van der Waals surface area (Å²) in [4.78, 5) is 5.07. The zero-order valence-electron chi connectivity index (χ0n) is 23.4. The first kappa shape index (κ1) is 24.5. The molecule has 1 spiro atoms. The van der Waals surface area contributed by atoms with Gasteiger partial charge >= 0.3 is 0 Å². The van der Waals surface area contributed by atoms with E-state index < -0.39 is 5.41 Å². The molecule has 0 saturated heterocycles. The largest absolute Gasteiger partial charge is 0.310 e. The van der Waals surface area contributed by atoms with Crippen LogP contribution in [-0.2, 0) is 5.41 Å². The third-order valence-corrected chi connectivity index (χ3v) is 10.2. The first-order chi connectivity index (χ1) is 21.3. The zero-order chi connectivity index (χ0) is 28.4. The number of nitrogens with zero attached hydrogens (tertiary/aromatic N) is 1. The van der Waals surface area contributed by atoms with Gasteiger partial charge in [0.05, 0.1) is 11.1 Å². The molecular formula is C41H27NS. The minimum absolute atomic E-state index is 0.454. The highest BCUT2D eigenvalue weighted by Gasteiger charge is 2.51. The number of anilines is 3. The SMILES string of the molecule is c1ccc(N(c2ccc3ccccc3c2)c2cccc3c2C2(c4ccccc4S3)c3ccccc3-c3ccccc32)cc1. The molecule has 0 saturated carbocycles. The number of fused-ring (bicyclic) bond motifs is 10. The van der Waals surface area contributed by atoms with Gasteiger partial charge in [-0.15, -0.1) is 0 Å². The van der Waals surface area contributed by atoms with Gasteiger partial charge < -0.3 is 4.90 Å². The molecule has 7 aromatic rings. The van der Waals surface area contributed by atoms with E-state index >= 15 is 0 Å². The molecule has 2 aliphatic rings. The highest BCUT2D eigenvalue weighted by atomic mass is 32.2. The van der Waals surface area contributed by atoms with Gasteiger partial charge in [0, 0.05) is 26.7 Å². The van der Waals surface area contributed by atoms with Gasteiger partial charge in [-0.05, 0) is 81.1 Å². The van der Waals surface area contributed by atoms with E-state index in [2.05, 4.69) is 169 Å². The minimum atomic E-state index is -0.454. The van der Waals surface area contributed by atoms with Crippen LogP contribution in [0, 0.1) is 0 Å². The Hall–Kier alpha value is -5.05. The fourth-order valence-electron chi connectivity index (χ4n) is 7.40. The van der Waals surface area contributed by atoms with Crippen molar-refractivity contribution in [2.75, 3.05) is 4.90 Å². The molecule has 1 aliphatic carbocycles. The lowest BCUT2D eigenvalue weighted by Gasteiger charge is -2.42. The second-order valence-electron chi connectivity index (χ2n) is 11.3. The summed E-state index contributed by atoms with van der Waals surface area (Å²) < 4.78 is 0. The van der Waals surface area contributed by atoms with E-state index in [4.69, 9.17) is 0 Å². The van der Waals surface area contributed by atoms with Crippen LogP contribution in [0.4, 0.5) is 17.1 Å². The Morgan fingerprint density at radius 3 is 1.79 bits per heavy atom. The van der Waals surface area contributed by atoms with Gasteiger partial charge in [-0.1, -0.05) is 133 Å². The normalized spacial score (nSPS) is 13.7. The Morgan fingerprint density at radius 1 is 0.419 bits per heavy atom. The molecule has 1 heterocycles. The van der Waals surface area contributed by atoms with Crippen LogP contribution in [0.15, 0.2) is 174 Å². The summed E-state index contributed by atoms with van der Waals surface area (Å²) in [5.74, 6) is 0. The summed E-state index contributed by atoms with van der Waals surface area (Å²) in [5.41, 5.74) is 11.1. The molecule has 0 fully saturated rings. The number of hydrogen-bond acceptors (Lipinski definition) is 2. The molecule has 43 heavy (non-hydrogen) atoms. The average Bonchev–Trinajstić information content (AvgIpc) is 3.36. The molecule has 0 aromatic heterocycles. The predicted octanol–water partition coefficient (Wildman–Crippen LogP) is 11.1. The van der Waals surface area contributed by atoms with E-state index in [9.17, 15) is 0 Å². The van der Waals surface area contributed by atoms with E-state index in [1.807, 2.05) is 11.8 Å². The van der Waals surface area contributed by atoms with Crippen molar-refractivity contribution in [3.8, 4) is 11.1 Å². The van der Waals surface area contributed by atoms with Crippen LogP contribution < -0.4 is 4.90 Å². The van der Waals surface area contributed by atoms with Crippen LogP contribution in [0.2, 0.25) is 0 Å². The van der Waals surface area contributed by atoms with Crippen LogP contribution in [0.3, 0.4) is 0 Å². The van der Waals surface area contributed by atoms with Crippen LogP contribution in [0.1, 0.15) is 22.3 Å². The number of benzene rings is 7. The maximum atomic E-state index is 2.46. The van der Waals surface area contributed by atoms with E-state index in [0.717, 1.165) is 11.4 Å². The first-order valence-electron chi connectivity index (χ1n) is 14.8. The minimum Gasteiger partial charge on any atom is -0.310 e. The van der Waals surface area contributed by atoms with Gasteiger partial charge in [0.15, 0.2) is 0 Å². The Morgan fingerprint density at radius 2 is 1.02 bits per heavy atom. The molecule has 2 heteroatoms. The molecule has 9 rings (SSSR count). The molecule has 0 N–H and O–H groups in total. The Labute approximate surface area is 256 Å². The van der Waals surface area contributed by atoms with Gasteiger partial charge in [0.2, 0.25) is 0 Å². The smallest absolute Gasteiger partial charge is 0.0756 e. The van der Waals surface area contributed by atoms with Crippen LogP contribution in [0.25, 0.3) is 21.9 Å². The van der Waals surface area contributed by atoms with Crippen molar-refractivity contribution >= 4 is 39.6 Å². The van der Waals surface area contributed by atoms with Crippen molar-refractivity contribution in [1.29, 1.82) is 0 Å². The summed E-state index contributed by atoms with van der Waals surface area (Å²) in [6.45, 7) is 0. The van der Waals surface area contributed by atoms with Crippen molar-refractivity contribution in [2.24, 2.45) is 0 Å². The molecule has 0 amide bonds. The van der Waals surface area contributed by atoms with Gasteiger partial charge in [-0.2, -0.15) is 0 Å². The molecule has 1 nitrogen and oxygen atoms in total. The molecule has 7 aromatic carbocycles. The lowest BCUT2D eigenvalue weighted by molar-refractivity contribution is 0.722. The maximum absolute atomic E-state index is 2.46. The van der Waals surface area contributed by atoms with Crippen molar-refractivity contribution < 1.29 is 0 Å². The number of rotatable bonds is 3. The molecule has 0 atom stereocenters. The summed E-state index contributed by atoms with van der Waals surface area (Å²) in [6, 6.07) is 60.2. The second-order valence-corrected chi connectivity index (χ2v) is 12.4. The fourth-order valence-corrected chi connectivity index (χ4v) is 8.62. The van der Waals surface area contributed by atoms with Gasteiger partial charge in [-0.25, -0.2) is 0 Å². The monoisotopic (exact) mass is 565 g/mol. The third kappa shape index (κ3) is 3.48. The zero-order valence-corrected chi connectivity index (χ0v) is 24.3. The molecule has 202 valence electrons. The Kier molecular flexibility index (Phi) is 5.41. The van der Waals surface area contributed by atoms with Crippen LogP contribution in [-0.4, -0.2) is 0 Å². The predicted molar refractivity (Wildman–Crippen MR) is 180 cm³/mol. The van der Waals surface area contributed by atoms with Crippen molar-refractivity contribution in [2.45, 2.75) is 15.2 Å². The lowest BCUT2D eigenvalue weighted by Crippen LogP contribution is -2.33. The first-order valence-corrected chi connectivity index (χ1v) is 15.6. The summed E-state index contributed by atoms with van der Waals surface area (Å²) in [7, 11) is 0. The second kappa shape index (κ2) is 9.49. The standard InChI is InChI=1S/C41H27NS/c1-2-15-30(16-3-1)42(31-26-25-28-13-4-5-14-29(28)27-31)37-22-12-24-39-40(37)41(36-21-10-11-23-38(36)43-39)34-19-8-6-17-32(34)33-18-7-9-20-35(33)41/h1-27H. The maximum Gasteiger partial charge on any atom is 0.0756 e.